The molecule has 0 aliphatic carbocycles. The van der Waals surface area contributed by atoms with Crippen molar-refractivity contribution < 1.29 is 37.2 Å². The molecule has 43 heavy (non-hydrogen) atoms. The van der Waals surface area contributed by atoms with E-state index in [9.17, 15) is 37.2 Å². The molecular formula is C32H20N2O8S. The maximum atomic E-state index is 13.6. The van der Waals surface area contributed by atoms with Crippen LogP contribution in [0.15, 0.2) is 94.7 Å². The Balaban J connectivity index is 1.33. The van der Waals surface area contributed by atoms with Gasteiger partial charge >= 0.3 is 0 Å². The summed E-state index contributed by atoms with van der Waals surface area (Å²) in [5, 5.41) is 0. The van der Waals surface area contributed by atoms with Crippen molar-refractivity contribution in [3.63, 3.8) is 0 Å². The van der Waals surface area contributed by atoms with Crippen LogP contribution in [0.4, 0.5) is 11.4 Å². The minimum atomic E-state index is -4.31. The molecule has 2 aliphatic heterocycles. The van der Waals surface area contributed by atoms with Crippen LogP contribution in [0.5, 0.6) is 0 Å². The molecule has 10 nitrogen and oxygen atoms in total. The van der Waals surface area contributed by atoms with E-state index in [2.05, 4.69) is 0 Å². The first kappa shape index (κ1) is 27.6. The number of Topliss-reactive ketones (excluding diaryl/α,β-unsaturated/α-hetero) is 2. The smallest absolute Gasteiger partial charge is 0.266 e. The third kappa shape index (κ3) is 4.29. The van der Waals surface area contributed by atoms with Crippen molar-refractivity contribution in [2.24, 2.45) is 0 Å². The summed E-state index contributed by atoms with van der Waals surface area (Å²) < 4.78 is 27.3. The van der Waals surface area contributed by atoms with Gasteiger partial charge in [0.05, 0.1) is 43.4 Å². The Morgan fingerprint density at radius 1 is 0.512 bits per heavy atom. The second kappa shape index (κ2) is 9.78. The van der Waals surface area contributed by atoms with E-state index in [0.717, 1.165) is 21.9 Å². The van der Waals surface area contributed by atoms with E-state index < -0.39 is 33.5 Å². The molecule has 6 rings (SSSR count). The van der Waals surface area contributed by atoms with Gasteiger partial charge in [-0.05, 0) is 86.6 Å². The number of anilines is 2. The van der Waals surface area contributed by atoms with Crippen LogP contribution in [0, 0.1) is 0 Å². The van der Waals surface area contributed by atoms with Gasteiger partial charge in [0.25, 0.3) is 23.6 Å². The van der Waals surface area contributed by atoms with Gasteiger partial charge in [-0.1, -0.05) is 12.1 Å². The second-order valence-electron chi connectivity index (χ2n) is 10.0. The Labute approximate surface area is 245 Å². The number of carbonyl (C=O) groups is 6. The molecule has 0 saturated carbocycles. The minimum Gasteiger partial charge on any atom is -0.295 e. The highest BCUT2D eigenvalue weighted by Gasteiger charge is 2.40. The zero-order chi connectivity index (χ0) is 30.8. The monoisotopic (exact) mass is 592 g/mol. The molecule has 0 spiro atoms. The third-order valence-corrected chi connectivity index (χ3v) is 9.13. The summed E-state index contributed by atoms with van der Waals surface area (Å²) in [6, 6.07) is 19.0. The summed E-state index contributed by atoms with van der Waals surface area (Å²) in [6.07, 6.45) is 0. The fraction of sp³-hybridized carbons (Fsp3) is 0.0625. The van der Waals surface area contributed by atoms with E-state index in [1.54, 1.807) is 6.07 Å². The SMILES string of the molecule is CC(=O)c1ccc(N2C(=O)c3ccc(S(=O)(=O)c4ccc5c(c4)C(=O)N(c4cccc(C(C)=O)c4)C5=O)cc3C2=O)cc1. The molecule has 0 N–H and O–H groups in total. The average Bonchev–Trinajstić information content (AvgIpc) is 3.40. The summed E-state index contributed by atoms with van der Waals surface area (Å²) >= 11 is 0. The zero-order valence-electron chi connectivity index (χ0n) is 22.7. The molecule has 0 atom stereocenters. The lowest BCUT2D eigenvalue weighted by molar-refractivity contribution is 0.0910. The van der Waals surface area contributed by atoms with Gasteiger partial charge in [-0.25, -0.2) is 18.2 Å². The maximum Gasteiger partial charge on any atom is 0.266 e. The first-order chi connectivity index (χ1) is 20.4. The summed E-state index contributed by atoms with van der Waals surface area (Å²) in [5.41, 5.74) is 0.852. The number of fused-ring (bicyclic) bond motifs is 2. The topological polar surface area (TPSA) is 143 Å². The Morgan fingerprint density at radius 2 is 0.977 bits per heavy atom. The van der Waals surface area contributed by atoms with Crippen molar-refractivity contribution in [3.05, 3.63) is 118 Å². The van der Waals surface area contributed by atoms with Gasteiger partial charge in [0, 0.05) is 11.1 Å². The van der Waals surface area contributed by atoms with Gasteiger partial charge in [0.1, 0.15) is 0 Å². The highest BCUT2D eigenvalue weighted by molar-refractivity contribution is 7.91. The van der Waals surface area contributed by atoms with E-state index in [-0.39, 0.29) is 55.0 Å². The van der Waals surface area contributed by atoms with Crippen molar-refractivity contribution in [2.75, 3.05) is 9.80 Å². The molecule has 0 aromatic heterocycles. The predicted molar refractivity (Wildman–Crippen MR) is 154 cm³/mol. The number of sulfone groups is 1. The molecule has 2 heterocycles. The molecule has 0 bridgehead atoms. The molecule has 0 unspecified atom stereocenters. The van der Waals surface area contributed by atoms with Crippen LogP contribution >= 0.6 is 0 Å². The van der Waals surface area contributed by atoms with Crippen molar-refractivity contribution in [1.82, 2.24) is 0 Å². The maximum absolute atomic E-state index is 13.6. The summed E-state index contributed by atoms with van der Waals surface area (Å²) in [6.45, 7) is 2.74. The standard InChI is InChI=1S/C32H20N2O8S/c1-17(35)19-6-8-21(9-7-19)33-29(37)25-12-10-23(15-27(25)31(33)39)43(41,42)24-11-13-26-28(16-24)32(40)34(30(26)38)22-5-3-4-20(14-22)18(2)36/h3-16H,1-2H3. The number of hydrogen-bond acceptors (Lipinski definition) is 8. The predicted octanol–water partition coefficient (Wildman–Crippen LogP) is 4.53. The quantitative estimate of drug-likeness (QED) is 0.235. The summed E-state index contributed by atoms with van der Waals surface area (Å²) in [5.74, 6) is -3.23. The van der Waals surface area contributed by atoms with E-state index in [4.69, 9.17) is 0 Å². The van der Waals surface area contributed by atoms with Crippen LogP contribution in [0.2, 0.25) is 0 Å². The number of ketones is 2. The number of carbonyl (C=O) groups excluding carboxylic acids is 6. The Bertz CT molecular complexity index is 2080. The largest absolute Gasteiger partial charge is 0.295 e. The highest BCUT2D eigenvalue weighted by atomic mass is 32.2. The average molecular weight is 593 g/mol. The van der Waals surface area contributed by atoms with Crippen molar-refractivity contribution >= 4 is 56.4 Å². The summed E-state index contributed by atoms with van der Waals surface area (Å²) in [4.78, 5) is 77.3. The lowest BCUT2D eigenvalue weighted by atomic mass is 10.1. The van der Waals surface area contributed by atoms with Crippen LogP contribution in [0.25, 0.3) is 0 Å². The van der Waals surface area contributed by atoms with Gasteiger partial charge in [-0.3, -0.25) is 28.8 Å². The fourth-order valence-corrected chi connectivity index (χ4v) is 6.40. The molecule has 4 aromatic carbocycles. The Kier molecular flexibility index (Phi) is 6.28. The molecule has 4 aromatic rings. The molecule has 2 aliphatic rings. The second-order valence-corrected chi connectivity index (χ2v) is 12.0. The molecular weight excluding hydrogens is 572 g/mol. The number of imide groups is 2. The number of amides is 4. The van der Waals surface area contributed by atoms with Crippen LogP contribution in [-0.2, 0) is 9.84 Å². The normalized spacial score (nSPS) is 14.3. The number of nitrogens with zero attached hydrogens (tertiary/aromatic N) is 2. The van der Waals surface area contributed by atoms with Gasteiger partial charge in [0.15, 0.2) is 11.6 Å². The van der Waals surface area contributed by atoms with Crippen LogP contribution < -0.4 is 9.80 Å². The van der Waals surface area contributed by atoms with Crippen molar-refractivity contribution in [2.45, 2.75) is 23.6 Å². The lowest BCUT2D eigenvalue weighted by Gasteiger charge is -2.14. The minimum absolute atomic E-state index is 0.00154. The molecule has 0 saturated heterocycles. The van der Waals surface area contributed by atoms with E-state index >= 15 is 0 Å². The zero-order valence-corrected chi connectivity index (χ0v) is 23.5. The van der Waals surface area contributed by atoms with E-state index in [1.165, 1.54) is 80.6 Å². The number of benzene rings is 4. The summed E-state index contributed by atoms with van der Waals surface area (Å²) in [7, 11) is -4.31. The number of hydrogen-bond donors (Lipinski definition) is 0. The van der Waals surface area contributed by atoms with E-state index in [0.29, 0.717) is 11.1 Å². The molecule has 11 heteroatoms. The third-order valence-electron chi connectivity index (χ3n) is 7.38. The van der Waals surface area contributed by atoms with Gasteiger partial charge < -0.3 is 0 Å². The lowest BCUT2D eigenvalue weighted by Crippen LogP contribution is -2.29. The van der Waals surface area contributed by atoms with Crippen LogP contribution in [0.3, 0.4) is 0 Å². The van der Waals surface area contributed by atoms with E-state index in [1.807, 2.05) is 0 Å². The van der Waals surface area contributed by atoms with Crippen LogP contribution in [0.1, 0.15) is 76.0 Å². The van der Waals surface area contributed by atoms with Crippen molar-refractivity contribution in [3.8, 4) is 0 Å². The first-order valence-electron chi connectivity index (χ1n) is 12.9. The molecule has 4 amide bonds. The molecule has 212 valence electrons. The first-order valence-corrected chi connectivity index (χ1v) is 14.4. The van der Waals surface area contributed by atoms with Crippen LogP contribution in [-0.4, -0.2) is 43.6 Å². The fourth-order valence-electron chi connectivity index (χ4n) is 5.09. The highest BCUT2D eigenvalue weighted by Crippen LogP contribution is 2.34. The Hall–Kier alpha value is -5.55. The Morgan fingerprint density at radius 3 is 1.47 bits per heavy atom. The van der Waals surface area contributed by atoms with Gasteiger partial charge in [-0.15, -0.1) is 0 Å². The van der Waals surface area contributed by atoms with Gasteiger partial charge in [0.2, 0.25) is 9.84 Å². The van der Waals surface area contributed by atoms with Crippen molar-refractivity contribution in [1.29, 1.82) is 0 Å². The number of rotatable bonds is 6. The molecule has 0 fully saturated rings. The molecule has 0 radical (unpaired) electrons. The van der Waals surface area contributed by atoms with Gasteiger partial charge in [-0.2, -0.15) is 0 Å².